The number of carbonyl (C=O) groups is 1. The van der Waals surface area contributed by atoms with Crippen LogP contribution < -0.4 is 5.73 Å². The summed E-state index contributed by atoms with van der Waals surface area (Å²) in [5.74, 6) is 0.859. The first-order valence-corrected chi connectivity index (χ1v) is 8.50. The summed E-state index contributed by atoms with van der Waals surface area (Å²) in [6.07, 6.45) is 6.01. The van der Waals surface area contributed by atoms with E-state index < -0.39 is 0 Å². The Kier molecular flexibility index (Phi) is 5.54. The number of aromatic nitrogens is 1. The second-order valence-electron chi connectivity index (χ2n) is 5.74. The number of hydrogen-bond acceptors (Lipinski definition) is 4. The van der Waals surface area contributed by atoms with Crippen molar-refractivity contribution in [3.05, 3.63) is 16.1 Å². The van der Waals surface area contributed by atoms with E-state index in [0.717, 1.165) is 36.9 Å². The highest BCUT2D eigenvalue weighted by atomic mass is 32.1. The number of amides is 1. The van der Waals surface area contributed by atoms with Gasteiger partial charge < -0.3 is 10.6 Å². The average Bonchev–Trinajstić information content (AvgIpc) is 2.80. The minimum absolute atomic E-state index is 0.0744. The van der Waals surface area contributed by atoms with Crippen molar-refractivity contribution in [3.63, 3.8) is 0 Å². The fourth-order valence-electron chi connectivity index (χ4n) is 2.82. The Morgan fingerprint density at radius 3 is 3.00 bits per heavy atom. The van der Waals surface area contributed by atoms with Crippen LogP contribution in [0.1, 0.15) is 67.5 Å². The van der Waals surface area contributed by atoms with Gasteiger partial charge in [-0.05, 0) is 32.1 Å². The summed E-state index contributed by atoms with van der Waals surface area (Å²) >= 11 is 1.48. The largest absolute Gasteiger partial charge is 0.337 e. The Labute approximate surface area is 125 Å². The molecule has 2 rings (SSSR count). The van der Waals surface area contributed by atoms with E-state index in [9.17, 15) is 4.79 Å². The first-order chi connectivity index (χ1) is 9.61. The predicted molar refractivity (Wildman–Crippen MR) is 82.9 cm³/mol. The fourth-order valence-corrected chi connectivity index (χ4v) is 3.57. The van der Waals surface area contributed by atoms with E-state index in [4.69, 9.17) is 5.73 Å². The molecular formula is C15H25N3OS. The van der Waals surface area contributed by atoms with Crippen LogP contribution >= 0.6 is 11.3 Å². The van der Waals surface area contributed by atoms with Gasteiger partial charge in [-0.3, -0.25) is 4.79 Å². The number of likely N-dealkylation sites (tertiary alicyclic amines) is 1. The normalized spacial score (nSPS) is 21.6. The minimum atomic E-state index is -0.0976. The molecule has 1 saturated heterocycles. The summed E-state index contributed by atoms with van der Waals surface area (Å²) in [5, 5.41) is 2.68. The van der Waals surface area contributed by atoms with E-state index in [0.29, 0.717) is 5.69 Å². The van der Waals surface area contributed by atoms with Crippen LogP contribution in [0.5, 0.6) is 0 Å². The molecule has 2 heterocycles. The monoisotopic (exact) mass is 295 g/mol. The zero-order chi connectivity index (χ0) is 14.5. The summed E-state index contributed by atoms with van der Waals surface area (Å²) in [5.41, 5.74) is 6.37. The number of thiazole rings is 1. The molecule has 1 amide bonds. The zero-order valence-corrected chi connectivity index (χ0v) is 13.3. The first kappa shape index (κ1) is 15.4. The molecular weight excluding hydrogens is 270 g/mol. The maximum atomic E-state index is 12.5. The van der Waals surface area contributed by atoms with Crippen molar-refractivity contribution in [2.45, 2.75) is 52.0 Å². The third-order valence-corrected chi connectivity index (χ3v) is 5.01. The van der Waals surface area contributed by atoms with Crippen molar-refractivity contribution in [1.29, 1.82) is 0 Å². The molecule has 112 valence electrons. The van der Waals surface area contributed by atoms with Crippen LogP contribution in [-0.2, 0) is 0 Å². The van der Waals surface area contributed by atoms with Crippen molar-refractivity contribution in [3.8, 4) is 0 Å². The van der Waals surface area contributed by atoms with Gasteiger partial charge in [-0.25, -0.2) is 4.98 Å². The van der Waals surface area contributed by atoms with Crippen LogP contribution in [0.4, 0.5) is 0 Å². The van der Waals surface area contributed by atoms with Gasteiger partial charge in [0.15, 0.2) is 0 Å². The Balaban J connectivity index is 1.98. The van der Waals surface area contributed by atoms with Crippen molar-refractivity contribution >= 4 is 17.2 Å². The molecule has 2 atom stereocenters. The summed E-state index contributed by atoms with van der Waals surface area (Å²) in [6.45, 7) is 5.87. The lowest BCUT2D eigenvalue weighted by atomic mass is 9.96. The Bertz CT molecular complexity index is 444. The predicted octanol–water partition coefficient (Wildman–Crippen LogP) is 3.21. The van der Waals surface area contributed by atoms with E-state index in [2.05, 4.69) is 11.9 Å². The van der Waals surface area contributed by atoms with Crippen molar-refractivity contribution < 1.29 is 4.79 Å². The maximum Gasteiger partial charge on any atom is 0.273 e. The number of hydrogen-bond donors (Lipinski definition) is 1. The highest BCUT2D eigenvalue weighted by Gasteiger charge is 2.23. The number of carbonyl (C=O) groups excluding carboxylic acids is 1. The molecule has 2 unspecified atom stereocenters. The SMILES string of the molecule is CCCC1CCCN(C(=O)c2csc(C(C)N)n2)CC1. The second-order valence-corrected chi connectivity index (χ2v) is 6.63. The highest BCUT2D eigenvalue weighted by molar-refractivity contribution is 7.09. The van der Waals surface area contributed by atoms with E-state index in [-0.39, 0.29) is 11.9 Å². The van der Waals surface area contributed by atoms with Crippen LogP contribution in [0, 0.1) is 5.92 Å². The van der Waals surface area contributed by atoms with E-state index in [1.54, 1.807) is 0 Å². The molecule has 4 nitrogen and oxygen atoms in total. The van der Waals surface area contributed by atoms with Crippen molar-refractivity contribution in [1.82, 2.24) is 9.88 Å². The maximum absolute atomic E-state index is 12.5. The molecule has 5 heteroatoms. The van der Waals surface area contributed by atoms with Gasteiger partial charge in [0.05, 0.1) is 6.04 Å². The van der Waals surface area contributed by atoms with Gasteiger partial charge in [0.2, 0.25) is 0 Å². The molecule has 1 aromatic rings. The van der Waals surface area contributed by atoms with Crippen LogP contribution in [0.25, 0.3) is 0 Å². The van der Waals surface area contributed by atoms with Gasteiger partial charge in [-0.1, -0.05) is 19.8 Å². The highest BCUT2D eigenvalue weighted by Crippen LogP contribution is 2.23. The van der Waals surface area contributed by atoms with Gasteiger partial charge in [0, 0.05) is 18.5 Å². The fraction of sp³-hybridized carbons (Fsp3) is 0.733. The Morgan fingerprint density at radius 2 is 2.35 bits per heavy atom. The van der Waals surface area contributed by atoms with Crippen LogP contribution in [0.15, 0.2) is 5.38 Å². The second kappa shape index (κ2) is 7.18. The zero-order valence-electron chi connectivity index (χ0n) is 12.5. The molecule has 0 spiro atoms. The standard InChI is InChI=1S/C15H25N3OS/c1-3-5-12-6-4-8-18(9-7-12)15(19)13-10-20-14(17-13)11(2)16/h10-12H,3-9,16H2,1-2H3. The molecule has 0 bridgehead atoms. The van der Waals surface area contributed by atoms with Crippen LogP contribution in [0.2, 0.25) is 0 Å². The van der Waals surface area contributed by atoms with Gasteiger partial charge in [-0.15, -0.1) is 11.3 Å². The third-order valence-electron chi connectivity index (χ3n) is 3.96. The number of nitrogens with two attached hydrogens (primary N) is 1. The summed E-state index contributed by atoms with van der Waals surface area (Å²) in [7, 11) is 0. The molecule has 0 aromatic carbocycles. The molecule has 0 aliphatic carbocycles. The Morgan fingerprint density at radius 1 is 1.55 bits per heavy atom. The molecule has 0 radical (unpaired) electrons. The molecule has 1 aliphatic rings. The lowest BCUT2D eigenvalue weighted by Crippen LogP contribution is -2.32. The van der Waals surface area contributed by atoms with E-state index in [1.807, 2.05) is 17.2 Å². The third kappa shape index (κ3) is 3.79. The average molecular weight is 295 g/mol. The first-order valence-electron chi connectivity index (χ1n) is 7.62. The van der Waals surface area contributed by atoms with Gasteiger partial charge in [0.1, 0.15) is 10.7 Å². The molecule has 1 aromatic heterocycles. The van der Waals surface area contributed by atoms with Crippen LogP contribution in [-0.4, -0.2) is 28.9 Å². The molecule has 0 saturated carbocycles. The van der Waals surface area contributed by atoms with Crippen molar-refractivity contribution in [2.24, 2.45) is 11.7 Å². The van der Waals surface area contributed by atoms with Gasteiger partial charge in [0.25, 0.3) is 5.91 Å². The van der Waals surface area contributed by atoms with E-state index in [1.165, 1.54) is 30.6 Å². The lowest BCUT2D eigenvalue weighted by Gasteiger charge is -2.19. The summed E-state index contributed by atoms with van der Waals surface area (Å²) < 4.78 is 0. The van der Waals surface area contributed by atoms with Crippen molar-refractivity contribution in [2.75, 3.05) is 13.1 Å². The molecule has 1 aliphatic heterocycles. The topological polar surface area (TPSA) is 59.2 Å². The van der Waals surface area contributed by atoms with Crippen LogP contribution in [0.3, 0.4) is 0 Å². The number of nitrogens with zero attached hydrogens (tertiary/aromatic N) is 2. The quantitative estimate of drug-likeness (QED) is 0.928. The molecule has 2 N–H and O–H groups in total. The summed E-state index contributed by atoms with van der Waals surface area (Å²) in [4.78, 5) is 18.8. The Hall–Kier alpha value is -0.940. The lowest BCUT2D eigenvalue weighted by molar-refractivity contribution is 0.0754. The summed E-state index contributed by atoms with van der Waals surface area (Å²) in [6, 6.07) is -0.0976. The smallest absolute Gasteiger partial charge is 0.273 e. The number of rotatable bonds is 4. The molecule has 1 fully saturated rings. The van der Waals surface area contributed by atoms with Gasteiger partial charge in [-0.2, -0.15) is 0 Å². The van der Waals surface area contributed by atoms with E-state index >= 15 is 0 Å². The minimum Gasteiger partial charge on any atom is -0.337 e. The van der Waals surface area contributed by atoms with Gasteiger partial charge >= 0.3 is 0 Å². The molecule has 20 heavy (non-hydrogen) atoms.